The second-order valence-electron chi connectivity index (χ2n) is 5.88. The molecule has 0 radical (unpaired) electrons. The Balaban J connectivity index is 2.16. The number of carboxylic acids is 1. The number of thiophene rings is 1. The Labute approximate surface area is 129 Å². The molecule has 1 aliphatic rings. The van der Waals surface area contributed by atoms with Crippen LogP contribution < -0.4 is 0 Å². The van der Waals surface area contributed by atoms with Gasteiger partial charge in [0.25, 0.3) is 5.91 Å². The summed E-state index contributed by atoms with van der Waals surface area (Å²) in [5.74, 6) is -0.779. The molecule has 1 saturated heterocycles. The molecule has 0 aromatic carbocycles. The van der Waals surface area contributed by atoms with E-state index in [2.05, 4.69) is 6.92 Å². The summed E-state index contributed by atoms with van der Waals surface area (Å²) < 4.78 is 0. The Morgan fingerprint density at radius 2 is 2.14 bits per heavy atom. The summed E-state index contributed by atoms with van der Waals surface area (Å²) in [5.41, 5.74) is 0.410. The van der Waals surface area contributed by atoms with Crippen molar-refractivity contribution >= 4 is 23.2 Å². The van der Waals surface area contributed by atoms with Crippen LogP contribution in [0.1, 0.15) is 53.2 Å². The van der Waals surface area contributed by atoms with Gasteiger partial charge in [-0.05, 0) is 37.8 Å². The van der Waals surface area contributed by atoms with Crippen LogP contribution >= 0.6 is 11.3 Å². The summed E-state index contributed by atoms with van der Waals surface area (Å²) >= 11 is 1.54. The largest absolute Gasteiger partial charge is 0.481 e. The maximum atomic E-state index is 12.6. The van der Waals surface area contributed by atoms with Gasteiger partial charge in [0.05, 0.1) is 10.3 Å². The van der Waals surface area contributed by atoms with E-state index in [-0.39, 0.29) is 5.91 Å². The quantitative estimate of drug-likeness (QED) is 0.907. The van der Waals surface area contributed by atoms with E-state index in [1.165, 1.54) is 16.2 Å². The van der Waals surface area contributed by atoms with Crippen molar-refractivity contribution in [1.82, 2.24) is 4.90 Å². The highest BCUT2D eigenvalue weighted by molar-refractivity contribution is 7.14. The number of aryl methyl sites for hydroxylation is 2. The van der Waals surface area contributed by atoms with Crippen LogP contribution in [0.15, 0.2) is 6.07 Å². The minimum atomic E-state index is -0.767. The molecule has 1 aromatic rings. The standard InChI is InChI=1S/C16H23NO3S/c1-4-6-16(15(19)20)7-8-17(10-16)14(18)13-9-11(3)12(5-2)21-13/h9H,4-8,10H2,1-3H3,(H,19,20). The lowest BCUT2D eigenvalue weighted by atomic mass is 9.83. The molecule has 1 aromatic heterocycles. The highest BCUT2D eigenvalue weighted by Crippen LogP contribution is 2.37. The number of hydrogen-bond acceptors (Lipinski definition) is 3. The first-order valence-corrected chi connectivity index (χ1v) is 8.37. The number of rotatable bonds is 5. The van der Waals surface area contributed by atoms with Crippen molar-refractivity contribution in [3.63, 3.8) is 0 Å². The molecule has 1 unspecified atom stereocenters. The molecule has 2 heterocycles. The zero-order valence-corrected chi connectivity index (χ0v) is 13.8. The number of carbonyl (C=O) groups excluding carboxylic acids is 1. The lowest BCUT2D eigenvalue weighted by Gasteiger charge is -2.24. The zero-order valence-electron chi connectivity index (χ0n) is 12.9. The van der Waals surface area contributed by atoms with Crippen molar-refractivity contribution in [3.05, 3.63) is 21.4 Å². The average Bonchev–Trinajstić information content (AvgIpc) is 3.03. The Morgan fingerprint density at radius 1 is 1.43 bits per heavy atom. The molecule has 1 amide bonds. The molecule has 2 rings (SSSR count). The van der Waals surface area contributed by atoms with Gasteiger partial charge in [-0.3, -0.25) is 9.59 Å². The number of hydrogen-bond donors (Lipinski definition) is 1. The van der Waals surface area contributed by atoms with Gasteiger partial charge in [-0.2, -0.15) is 0 Å². The van der Waals surface area contributed by atoms with Gasteiger partial charge >= 0.3 is 5.97 Å². The van der Waals surface area contributed by atoms with Crippen molar-refractivity contribution in [3.8, 4) is 0 Å². The fourth-order valence-corrected chi connectivity index (χ4v) is 4.22. The van der Waals surface area contributed by atoms with E-state index in [9.17, 15) is 14.7 Å². The number of aliphatic carboxylic acids is 1. The van der Waals surface area contributed by atoms with Crippen LogP contribution in [-0.2, 0) is 11.2 Å². The number of carbonyl (C=O) groups is 2. The van der Waals surface area contributed by atoms with Crippen LogP contribution in [0.5, 0.6) is 0 Å². The fourth-order valence-electron chi connectivity index (χ4n) is 3.14. The number of carboxylic acid groups (broad SMARTS) is 1. The molecule has 5 heteroatoms. The van der Waals surface area contributed by atoms with Crippen molar-refractivity contribution in [2.45, 2.75) is 46.5 Å². The minimum absolute atomic E-state index is 0.0120. The molecule has 21 heavy (non-hydrogen) atoms. The van der Waals surface area contributed by atoms with E-state index in [0.29, 0.717) is 25.9 Å². The number of nitrogens with zero attached hydrogens (tertiary/aromatic N) is 1. The van der Waals surface area contributed by atoms with E-state index in [0.717, 1.165) is 23.3 Å². The van der Waals surface area contributed by atoms with E-state index >= 15 is 0 Å². The lowest BCUT2D eigenvalue weighted by molar-refractivity contribution is -0.148. The maximum Gasteiger partial charge on any atom is 0.311 e. The van der Waals surface area contributed by atoms with Crippen LogP contribution in [0.3, 0.4) is 0 Å². The van der Waals surface area contributed by atoms with Crippen molar-refractivity contribution in [1.29, 1.82) is 0 Å². The SMILES string of the molecule is CCCC1(C(=O)O)CCN(C(=O)c2cc(C)c(CC)s2)C1. The van der Waals surface area contributed by atoms with E-state index in [1.807, 2.05) is 19.9 Å². The molecule has 0 bridgehead atoms. The first-order chi connectivity index (χ1) is 9.93. The Bertz CT molecular complexity index is 552. The van der Waals surface area contributed by atoms with E-state index in [1.54, 1.807) is 4.90 Å². The zero-order chi connectivity index (χ0) is 15.6. The van der Waals surface area contributed by atoms with E-state index < -0.39 is 11.4 Å². The molecule has 1 aliphatic heterocycles. The molecule has 0 saturated carbocycles. The molecule has 0 aliphatic carbocycles. The molecule has 1 atom stereocenters. The fraction of sp³-hybridized carbons (Fsp3) is 0.625. The predicted octanol–water partition coefficient (Wildman–Crippen LogP) is 3.34. The smallest absolute Gasteiger partial charge is 0.311 e. The molecule has 1 N–H and O–H groups in total. The minimum Gasteiger partial charge on any atom is -0.481 e. The predicted molar refractivity (Wildman–Crippen MR) is 83.9 cm³/mol. The molecule has 4 nitrogen and oxygen atoms in total. The monoisotopic (exact) mass is 309 g/mol. The third kappa shape index (κ3) is 2.98. The first-order valence-electron chi connectivity index (χ1n) is 7.55. The Kier molecular flexibility index (Phi) is 4.71. The van der Waals surface area contributed by atoms with Crippen LogP contribution in [0.25, 0.3) is 0 Å². The molecule has 116 valence electrons. The van der Waals surface area contributed by atoms with Gasteiger partial charge in [0, 0.05) is 18.0 Å². The average molecular weight is 309 g/mol. The van der Waals surface area contributed by atoms with E-state index in [4.69, 9.17) is 0 Å². The van der Waals surface area contributed by atoms with Crippen LogP contribution in [0.2, 0.25) is 0 Å². The van der Waals surface area contributed by atoms with Gasteiger partial charge in [0.2, 0.25) is 0 Å². The van der Waals surface area contributed by atoms with Crippen molar-refractivity contribution in [2.24, 2.45) is 5.41 Å². The first kappa shape index (κ1) is 16.0. The summed E-state index contributed by atoms with van der Waals surface area (Å²) in [6.45, 7) is 6.98. The molecule has 1 fully saturated rings. The highest BCUT2D eigenvalue weighted by atomic mass is 32.1. The summed E-state index contributed by atoms with van der Waals surface area (Å²) in [6, 6.07) is 1.94. The molecular weight excluding hydrogens is 286 g/mol. The second kappa shape index (κ2) is 6.18. The summed E-state index contributed by atoms with van der Waals surface area (Å²) in [6.07, 6.45) is 2.95. The number of likely N-dealkylation sites (tertiary alicyclic amines) is 1. The van der Waals surface area contributed by atoms with Crippen LogP contribution in [0, 0.1) is 12.3 Å². The topological polar surface area (TPSA) is 57.6 Å². The second-order valence-corrected chi connectivity index (χ2v) is 7.02. The summed E-state index contributed by atoms with van der Waals surface area (Å²) in [5, 5.41) is 9.52. The van der Waals surface area contributed by atoms with Crippen molar-refractivity contribution < 1.29 is 14.7 Å². The van der Waals surface area contributed by atoms with Gasteiger partial charge in [0.1, 0.15) is 0 Å². The van der Waals surface area contributed by atoms with Gasteiger partial charge < -0.3 is 10.0 Å². The molecule has 0 spiro atoms. The Hall–Kier alpha value is -1.36. The van der Waals surface area contributed by atoms with Gasteiger partial charge in [0.15, 0.2) is 0 Å². The summed E-state index contributed by atoms with van der Waals surface area (Å²) in [4.78, 5) is 27.9. The van der Waals surface area contributed by atoms with Gasteiger partial charge in [-0.1, -0.05) is 20.3 Å². The third-order valence-corrected chi connectivity index (χ3v) is 5.75. The van der Waals surface area contributed by atoms with Crippen molar-refractivity contribution in [2.75, 3.05) is 13.1 Å². The lowest BCUT2D eigenvalue weighted by Crippen LogP contribution is -2.36. The van der Waals surface area contributed by atoms with Gasteiger partial charge in [-0.15, -0.1) is 11.3 Å². The van der Waals surface area contributed by atoms with Crippen LogP contribution in [-0.4, -0.2) is 35.0 Å². The number of amides is 1. The summed E-state index contributed by atoms with van der Waals surface area (Å²) in [7, 11) is 0. The van der Waals surface area contributed by atoms with Gasteiger partial charge in [-0.25, -0.2) is 0 Å². The highest BCUT2D eigenvalue weighted by Gasteiger charge is 2.45. The van der Waals surface area contributed by atoms with Crippen LogP contribution in [0.4, 0.5) is 0 Å². The normalized spacial score (nSPS) is 21.8. The maximum absolute atomic E-state index is 12.6. The Morgan fingerprint density at radius 3 is 2.67 bits per heavy atom. The third-order valence-electron chi connectivity index (χ3n) is 4.38. The molecular formula is C16H23NO3S.